The molecule has 1 nitrogen and oxygen atoms in total. The van der Waals surface area contributed by atoms with Crippen molar-refractivity contribution >= 4 is 11.4 Å². The highest BCUT2D eigenvalue weighted by molar-refractivity contribution is 6.07. The molecule has 1 fully saturated rings. The number of carbonyl (C=O) groups is 1. The molecule has 0 saturated heterocycles. The maximum atomic E-state index is 12.1. The number of carbonyl (C=O) groups excluding carboxylic acids is 1. The van der Waals surface area contributed by atoms with E-state index in [4.69, 9.17) is 0 Å². The van der Waals surface area contributed by atoms with Gasteiger partial charge in [0.2, 0.25) is 0 Å². The van der Waals surface area contributed by atoms with Crippen LogP contribution >= 0.6 is 0 Å². The molecule has 82 valence electrons. The smallest absolute Gasteiger partial charge is 0.162 e. The Balaban J connectivity index is 2.05. The maximum absolute atomic E-state index is 12.1. The standard InChI is InChI=1S/C15H16O/c1-15-9-5-8-13(15)12(10-14(15)16)11-6-3-2-4-7-11/h2-4,6-7,10,13H,5,8-9H2,1H3. The van der Waals surface area contributed by atoms with E-state index in [1.54, 1.807) is 0 Å². The second-order valence-corrected chi connectivity index (χ2v) is 5.19. The molecule has 2 unspecified atom stereocenters. The highest BCUT2D eigenvalue weighted by Crippen LogP contribution is 2.54. The lowest BCUT2D eigenvalue weighted by atomic mass is 9.78. The van der Waals surface area contributed by atoms with Crippen molar-refractivity contribution in [2.75, 3.05) is 0 Å². The third kappa shape index (κ3) is 1.21. The summed E-state index contributed by atoms with van der Waals surface area (Å²) in [6.45, 7) is 2.14. The van der Waals surface area contributed by atoms with Crippen LogP contribution in [0.5, 0.6) is 0 Å². The molecule has 2 aliphatic rings. The molecule has 0 bridgehead atoms. The number of hydrogen-bond acceptors (Lipinski definition) is 1. The Morgan fingerprint density at radius 1 is 1.25 bits per heavy atom. The van der Waals surface area contributed by atoms with E-state index in [1.165, 1.54) is 24.0 Å². The SMILES string of the molecule is CC12CCCC1C(c1ccccc1)=CC2=O. The summed E-state index contributed by atoms with van der Waals surface area (Å²) in [6, 6.07) is 10.3. The lowest BCUT2D eigenvalue weighted by Crippen LogP contribution is -2.25. The first-order valence-corrected chi connectivity index (χ1v) is 6.03. The van der Waals surface area contributed by atoms with Crippen molar-refractivity contribution in [3.05, 3.63) is 42.0 Å². The fourth-order valence-corrected chi connectivity index (χ4v) is 3.28. The van der Waals surface area contributed by atoms with Crippen LogP contribution < -0.4 is 0 Å². The molecule has 1 aromatic carbocycles. The first-order chi connectivity index (χ1) is 7.72. The third-order valence-electron chi connectivity index (χ3n) is 4.29. The topological polar surface area (TPSA) is 17.1 Å². The van der Waals surface area contributed by atoms with Crippen LogP contribution in [0.15, 0.2) is 36.4 Å². The molecular formula is C15H16O. The van der Waals surface area contributed by atoms with Crippen LogP contribution in [0.3, 0.4) is 0 Å². The van der Waals surface area contributed by atoms with Crippen molar-refractivity contribution < 1.29 is 4.79 Å². The van der Waals surface area contributed by atoms with Crippen molar-refractivity contribution in [3.8, 4) is 0 Å². The van der Waals surface area contributed by atoms with Crippen LogP contribution in [0, 0.1) is 11.3 Å². The molecule has 0 aromatic heterocycles. The van der Waals surface area contributed by atoms with E-state index in [0.29, 0.717) is 11.7 Å². The van der Waals surface area contributed by atoms with Gasteiger partial charge in [0.05, 0.1) is 0 Å². The minimum absolute atomic E-state index is 0.0921. The van der Waals surface area contributed by atoms with Gasteiger partial charge in [-0.3, -0.25) is 4.79 Å². The van der Waals surface area contributed by atoms with Gasteiger partial charge in [-0.2, -0.15) is 0 Å². The van der Waals surface area contributed by atoms with Gasteiger partial charge >= 0.3 is 0 Å². The second-order valence-electron chi connectivity index (χ2n) is 5.19. The molecule has 0 aliphatic heterocycles. The Hall–Kier alpha value is -1.37. The molecule has 0 N–H and O–H groups in total. The van der Waals surface area contributed by atoms with E-state index in [-0.39, 0.29) is 5.41 Å². The zero-order valence-electron chi connectivity index (χ0n) is 9.57. The quantitative estimate of drug-likeness (QED) is 0.696. The molecule has 16 heavy (non-hydrogen) atoms. The van der Waals surface area contributed by atoms with E-state index in [0.717, 1.165) is 6.42 Å². The minimum atomic E-state index is -0.0921. The highest BCUT2D eigenvalue weighted by Gasteiger charge is 2.49. The van der Waals surface area contributed by atoms with E-state index in [2.05, 4.69) is 19.1 Å². The van der Waals surface area contributed by atoms with Crippen molar-refractivity contribution in [2.24, 2.45) is 11.3 Å². The third-order valence-corrected chi connectivity index (χ3v) is 4.29. The van der Waals surface area contributed by atoms with E-state index < -0.39 is 0 Å². The Kier molecular flexibility index (Phi) is 2.03. The largest absolute Gasteiger partial charge is 0.294 e. The molecular weight excluding hydrogens is 196 g/mol. The molecule has 1 saturated carbocycles. The first kappa shape index (κ1) is 9.83. The lowest BCUT2D eigenvalue weighted by molar-refractivity contribution is -0.122. The maximum Gasteiger partial charge on any atom is 0.162 e. The number of allylic oxidation sites excluding steroid dienone is 2. The average molecular weight is 212 g/mol. The fraction of sp³-hybridized carbons (Fsp3) is 0.400. The first-order valence-electron chi connectivity index (χ1n) is 6.03. The Labute approximate surface area is 96.2 Å². The highest BCUT2D eigenvalue weighted by atomic mass is 16.1. The normalized spacial score (nSPS) is 32.7. The summed E-state index contributed by atoms with van der Waals surface area (Å²) < 4.78 is 0. The van der Waals surface area contributed by atoms with E-state index in [1.807, 2.05) is 24.3 Å². The fourth-order valence-electron chi connectivity index (χ4n) is 3.28. The van der Waals surface area contributed by atoms with Crippen LogP contribution in [0.1, 0.15) is 31.7 Å². The molecule has 0 heterocycles. The van der Waals surface area contributed by atoms with E-state index >= 15 is 0 Å². The summed E-state index contributed by atoms with van der Waals surface area (Å²) in [5.41, 5.74) is 2.41. The van der Waals surface area contributed by atoms with Gasteiger partial charge in [0.15, 0.2) is 5.78 Å². The molecule has 0 amide bonds. The Bertz CT molecular complexity index is 458. The van der Waals surface area contributed by atoms with Crippen LogP contribution in [0.4, 0.5) is 0 Å². The summed E-state index contributed by atoms with van der Waals surface area (Å²) in [5.74, 6) is 0.802. The molecule has 2 aliphatic carbocycles. The van der Waals surface area contributed by atoms with Crippen molar-refractivity contribution in [1.29, 1.82) is 0 Å². The van der Waals surface area contributed by atoms with Gasteiger partial charge in [0.1, 0.15) is 0 Å². The average Bonchev–Trinajstić information content (AvgIpc) is 2.79. The predicted molar refractivity (Wildman–Crippen MR) is 64.9 cm³/mol. The van der Waals surface area contributed by atoms with Gasteiger partial charge in [-0.1, -0.05) is 43.7 Å². The molecule has 2 atom stereocenters. The molecule has 0 spiro atoms. The molecule has 1 heteroatoms. The van der Waals surface area contributed by atoms with Gasteiger partial charge < -0.3 is 0 Å². The molecule has 3 rings (SSSR count). The van der Waals surface area contributed by atoms with Crippen molar-refractivity contribution in [2.45, 2.75) is 26.2 Å². The van der Waals surface area contributed by atoms with E-state index in [9.17, 15) is 4.79 Å². The zero-order valence-corrected chi connectivity index (χ0v) is 9.57. The monoisotopic (exact) mass is 212 g/mol. The van der Waals surface area contributed by atoms with Crippen molar-refractivity contribution in [1.82, 2.24) is 0 Å². The van der Waals surface area contributed by atoms with Gasteiger partial charge in [-0.15, -0.1) is 0 Å². The van der Waals surface area contributed by atoms with Crippen LogP contribution in [-0.2, 0) is 4.79 Å². The summed E-state index contributed by atoms with van der Waals surface area (Å²) in [5, 5.41) is 0. The van der Waals surface area contributed by atoms with Gasteiger partial charge in [-0.25, -0.2) is 0 Å². The number of fused-ring (bicyclic) bond motifs is 1. The van der Waals surface area contributed by atoms with Crippen molar-refractivity contribution in [3.63, 3.8) is 0 Å². The van der Waals surface area contributed by atoms with Crippen LogP contribution in [0.25, 0.3) is 5.57 Å². The Morgan fingerprint density at radius 2 is 2.00 bits per heavy atom. The van der Waals surface area contributed by atoms with Gasteiger partial charge in [0.25, 0.3) is 0 Å². The zero-order chi connectivity index (χ0) is 11.2. The van der Waals surface area contributed by atoms with Gasteiger partial charge in [-0.05, 0) is 36.0 Å². The second kappa shape index (κ2) is 3.31. The summed E-state index contributed by atoms with van der Waals surface area (Å²) in [6.07, 6.45) is 5.31. The molecule has 1 aromatic rings. The van der Waals surface area contributed by atoms with Crippen LogP contribution in [0.2, 0.25) is 0 Å². The minimum Gasteiger partial charge on any atom is -0.294 e. The number of hydrogen-bond donors (Lipinski definition) is 0. The summed E-state index contributed by atoms with van der Waals surface area (Å²) in [4.78, 5) is 12.1. The number of ketones is 1. The predicted octanol–water partition coefficient (Wildman–Crippen LogP) is 3.46. The van der Waals surface area contributed by atoms with Crippen LogP contribution in [-0.4, -0.2) is 5.78 Å². The summed E-state index contributed by atoms with van der Waals surface area (Å²) in [7, 11) is 0. The van der Waals surface area contributed by atoms with Gasteiger partial charge in [0, 0.05) is 5.41 Å². The number of benzene rings is 1. The molecule has 0 radical (unpaired) electrons. The lowest BCUT2D eigenvalue weighted by Gasteiger charge is -2.24. The summed E-state index contributed by atoms with van der Waals surface area (Å²) >= 11 is 0. The Morgan fingerprint density at radius 3 is 2.75 bits per heavy atom. The number of rotatable bonds is 1.